The highest BCUT2D eigenvalue weighted by atomic mass is 19.1. The molecule has 82 valence electrons. The molecule has 0 aliphatic carbocycles. The zero-order chi connectivity index (χ0) is 11.5. The van der Waals surface area contributed by atoms with Gasteiger partial charge in [0.05, 0.1) is 5.60 Å². The van der Waals surface area contributed by atoms with Crippen molar-refractivity contribution in [1.29, 1.82) is 0 Å². The SMILES string of the molecule is CCC(C)(OB(O)O)c1ccc(F)cc1. The Bertz CT molecular complexity index is 315. The molecule has 0 bridgehead atoms. The van der Waals surface area contributed by atoms with Crippen LogP contribution in [0.2, 0.25) is 0 Å². The van der Waals surface area contributed by atoms with Crippen LogP contribution in [-0.2, 0) is 10.3 Å². The number of halogens is 1. The molecule has 1 atom stereocenters. The van der Waals surface area contributed by atoms with Gasteiger partial charge in [0.2, 0.25) is 0 Å². The summed E-state index contributed by atoms with van der Waals surface area (Å²) in [6, 6.07) is 5.77. The van der Waals surface area contributed by atoms with Gasteiger partial charge in [-0.15, -0.1) is 0 Å². The Morgan fingerprint density at radius 2 is 1.87 bits per heavy atom. The van der Waals surface area contributed by atoms with E-state index in [1.54, 1.807) is 19.1 Å². The summed E-state index contributed by atoms with van der Waals surface area (Å²) < 4.78 is 17.7. The van der Waals surface area contributed by atoms with Gasteiger partial charge in [0, 0.05) is 0 Å². The van der Waals surface area contributed by atoms with Crippen LogP contribution < -0.4 is 0 Å². The highest BCUT2D eigenvalue weighted by molar-refractivity contribution is 6.32. The monoisotopic (exact) mass is 212 g/mol. The third-order valence-corrected chi connectivity index (χ3v) is 2.50. The maximum Gasteiger partial charge on any atom is 0.634 e. The van der Waals surface area contributed by atoms with Crippen molar-refractivity contribution in [2.24, 2.45) is 0 Å². The van der Waals surface area contributed by atoms with E-state index in [0.717, 1.165) is 0 Å². The van der Waals surface area contributed by atoms with Gasteiger partial charge in [0.1, 0.15) is 5.82 Å². The van der Waals surface area contributed by atoms with E-state index in [4.69, 9.17) is 14.7 Å². The molecule has 0 fully saturated rings. The standard InChI is InChI=1S/C10H14BFO3/c1-3-10(2,15-11(13)14)8-4-6-9(12)7-5-8/h4-7,13-14H,3H2,1-2H3. The van der Waals surface area contributed by atoms with Crippen LogP contribution in [0, 0.1) is 5.82 Å². The Labute approximate surface area is 88.7 Å². The van der Waals surface area contributed by atoms with Gasteiger partial charge in [0.15, 0.2) is 0 Å². The van der Waals surface area contributed by atoms with Crippen LogP contribution in [0.15, 0.2) is 24.3 Å². The van der Waals surface area contributed by atoms with Crippen molar-refractivity contribution in [3.8, 4) is 0 Å². The molecule has 0 heterocycles. The van der Waals surface area contributed by atoms with Crippen molar-refractivity contribution >= 4 is 7.32 Å². The minimum absolute atomic E-state index is 0.332. The Morgan fingerprint density at radius 3 is 2.27 bits per heavy atom. The van der Waals surface area contributed by atoms with E-state index >= 15 is 0 Å². The molecule has 0 radical (unpaired) electrons. The first-order chi connectivity index (χ1) is 6.98. The summed E-state index contributed by atoms with van der Waals surface area (Å²) in [7, 11) is -1.83. The maximum absolute atomic E-state index is 12.7. The smallest absolute Gasteiger partial charge is 0.402 e. The van der Waals surface area contributed by atoms with Gasteiger partial charge in [-0.1, -0.05) is 19.1 Å². The average Bonchev–Trinajstić information content (AvgIpc) is 2.17. The Hall–Kier alpha value is -0.905. The van der Waals surface area contributed by atoms with Crippen LogP contribution in [-0.4, -0.2) is 17.4 Å². The largest absolute Gasteiger partial charge is 0.634 e. The molecule has 1 rings (SSSR count). The quantitative estimate of drug-likeness (QED) is 0.742. The molecule has 2 N–H and O–H groups in total. The van der Waals surface area contributed by atoms with Gasteiger partial charge in [0.25, 0.3) is 0 Å². The van der Waals surface area contributed by atoms with Crippen molar-refractivity contribution in [1.82, 2.24) is 0 Å². The van der Waals surface area contributed by atoms with Crippen molar-refractivity contribution in [3.05, 3.63) is 35.6 Å². The molecule has 1 unspecified atom stereocenters. The van der Waals surface area contributed by atoms with Gasteiger partial charge in [-0.25, -0.2) is 4.39 Å². The van der Waals surface area contributed by atoms with E-state index < -0.39 is 12.9 Å². The van der Waals surface area contributed by atoms with E-state index in [9.17, 15) is 4.39 Å². The second-order valence-corrected chi connectivity index (χ2v) is 3.54. The molecule has 0 aliphatic heterocycles. The predicted octanol–water partition coefficient (Wildman–Crippen LogP) is 1.44. The van der Waals surface area contributed by atoms with Crippen LogP contribution in [0.25, 0.3) is 0 Å². The second-order valence-electron chi connectivity index (χ2n) is 3.54. The number of hydrogen-bond acceptors (Lipinski definition) is 3. The van der Waals surface area contributed by atoms with E-state index in [1.807, 2.05) is 6.92 Å². The molecule has 0 saturated heterocycles. The number of rotatable bonds is 4. The molecule has 5 heteroatoms. The van der Waals surface area contributed by atoms with Gasteiger partial charge >= 0.3 is 7.32 Å². The highest BCUT2D eigenvalue weighted by Gasteiger charge is 2.30. The molecular weight excluding hydrogens is 198 g/mol. The lowest BCUT2D eigenvalue weighted by atomic mass is 9.91. The number of hydrogen-bond donors (Lipinski definition) is 2. The third-order valence-electron chi connectivity index (χ3n) is 2.50. The van der Waals surface area contributed by atoms with E-state index in [2.05, 4.69) is 0 Å². The second kappa shape index (κ2) is 4.74. The van der Waals surface area contributed by atoms with E-state index in [0.29, 0.717) is 12.0 Å². The molecule has 15 heavy (non-hydrogen) atoms. The fourth-order valence-electron chi connectivity index (χ4n) is 1.39. The fourth-order valence-corrected chi connectivity index (χ4v) is 1.39. The molecule has 0 spiro atoms. The van der Waals surface area contributed by atoms with Gasteiger partial charge in [-0.05, 0) is 31.0 Å². The van der Waals surface area contributed by atoms with Crippen molar-refractivity contribution in [2.75, 3.05) is 0 Å². The van der Waals surface area contributed by atoms with Crippen LogP contribution in [0.1, 0.15) is 25.8 Å². The first kappa shape index (κ1) is 12.2. The Balaban J connectivity index is 2.95. The Morgan fingerprint density at radius 1 is 1.33 bits per heavy atom. The molecule has 1 aromatic carbocycles. The normalized spacial score (nSPS) is 14.7. The summed E-state index contributed by atoms with van der Waals surface area (Å²) in [5.41, 5.74) is -0.110. The molecule has 0 amide bonds. The van der Waals surface area contributed by atoms with Crippen LogP contribution >= 0.6 is 0 Å². The van der Waals surface area contributed by atoms with Crippen molar-refractivity contribution in [2.45, 2.75) is 25.9 Å². The summed E-state index contributed by atoms with van der Waals surface area (Å²) in [6.45, 7) is 3.57. The summed E-state index contributed by atoms with van der Waals surface area (Å²) in [5.74, 6) is -0.332. The Kier molecular flexibility index (Phi) is 3.85. The van der Waals surface area contributed by atoms with Gasteiger partial charge in [-0.3, -0.25) is 0 Å². The molecule has 3 nitrogen and oxygen atoms in total. The first-order valence-electron chi connectivity index (χ1n) is 4.78. The van der Waals surface area contributed by atoms with E-state index in [-0.39, 0.29) is 5.82 Å². The van der Waals surface area contributed by atoms with Gasteiger partial charge < -0.3 is 14.7 Å². The lowest BCUT2D eigenvalue weighted by Crippen LogP contribution is -2.33. The first-order valence-corrected chi connectivity index (χ1v) is 4.78. The third kappa shape index (κ3) is 3.02. The summed E-state index contributed by atoms with van der Waals surface area (Å²) in [4.78, 5) is 0. The lowest BCUT2D eigenvalue weighted by Gasteiger charge is -2.29. The zero-order valence-corrected chi connectivity index (χ0v) is 8.77. The van der Waals surface area contributed by atoms with Crippen LogP contribution in [0.4, 0.5) is 4.39 Å². The lowest BCUT2D eigenvalue weighted by molar-refractivity contribution is 0.0277. The van der Waals surface area contributed by atoms with Gasteiger partial charge in [-0.2, -0.15) is 0 Å². The van der Waals surface area contributed by atoms with Crippen molar-refractivity contribution < 1.29 is 19.1 Å². The van der Waals surface area contributed by atoms with Crippen LogP contribution in [0.5, 0.6) is 0 Å². The minimum atomic E-state index is -1.83. The summed E-state index contributed by atoms with van der Waals surface area (Å²) in [6.07, 6.45) is 0.552. The minimum Gasteiger partial charge on any atom is -0.402 e. The van der Waals surface area contributed by atoms with Crippen LogP contribution in [0.3, 0.4) is 0 Å². The molecular formula is C10H14BFO3. The molecule has 0 aromatic heterocycles. The topological polar surface area (TPSA) is 49.7 Å². The molecule has 0 aliphatic rings. The highest BCUT2D eigenvalue weighted by Crippen LogP contribution is 2.29. The average molecular weight is 212 g/mol. The zero-order valence-electron chi connectivity index (χ0n) is 8.77. The fraction of sp³-hybridized carbons (Fsp3) is 0.400. The molecule has 0 saturated carbocycles. The molecule has 1 aromatic rings. The predicted molar refractivity (Wildman–Crippen MR) is 55.3 cm³/mol. The van der Waals surface area contributed by atoms with E-state index in [1.165, 1.54) is 12.1 Å². The maximum atomic E-state index is 12.7. The summed E-state index contributed by atoms with van der Waals surface area (Å²) >= 11 is 0. The summed E-state index contributed by atoms with van der Waals surface area (Å²) in [5, 5.41) is 17.6. The number of benzene rings is 1. The van der Waals surface area contributed by atoms with Crippen molar-refractivity contribution in [3.63, 3.8) is 0 Å².